The summed E-state index contributed by atoms with van der Waals surface area (Å²) in [5, 5.41) is 8.58. The molecule has 14 heavy (non-hydrogen) atoms. The molecule has 0 unspecified atom stereocenters. The Balaban J connectivity index is 4.03. The first-order chi connectivity index (χ1) is 6.60. The minimum Gasteiger partial charge on any atom is -0.478 e. The maximum Gasteiger partial charge on any atom is 0.328 e. The number of carboxylic acids is 1. The molecule has 0 aliphatic rings. The third-order valence-corrected chi connectivity index (χ3v) is 2.30. The van der Waals surface area contributed by atoms with Crippen LogP contribution in [0, 0.1) is 0 Å². The quantitative estimate of drug-likeness (QED) is 0.521. The molecule has 0 rings (SSSR count). The number of carbonyl (C=O) groups is 1. The minimum absolute atomic E-state index is 0.825. The van der Waals surface area contributed by atoms with Crippen molar-refractivity contribution in [3.05, 3.63) is 23.3 Å². The average Bonchev–Trinajstić information content (AvgIpc) is 2.15. The Hall–Kier alpha value is -1.05. The second-order valence-corrected chi connectivity index (χ2v) is 3.44. The van der Waals surface area contributed by atoms with E-state index in [2.05, 4.69) is 19.9 Å². The monoisotopic (exact) mass is 196 g/mol. The summed E-state index contributed by atoms with van der Waals surface area (Å²) in [7, 11) is 0. The molecule has 0 bridgehead atoms. The van der Waals surface area contributed by atoms with Gasteiger partial charge in [-0.3, -0.25) is 0 Å². The van der Waals surface area contributed by atoms with Gasteiger partial charge in [-0.1, -0.05) is 31.1 Å². The van der Waals surface area contributed by atoms with Crippen LogP contribution in [0.5, 0.6) is 0 Å². The highest BCUT2D eigenvalue weighted by Crippen LogP contribution is 2.11. The fourth-order valence-electron chi connectivity index (χ4n) is 1.17. The number of rotatable bonds is 6. The Kier molecular flexibility index (Phi) is 6.81. The fraction of sp³-hybridized carbons (Fsp3) is 0.583. The van der Waals surface area contributed by atoms with E-state index in [1.54, 1.807) is 0 Å². The molecule has 0 heterocycles. The van der Waals surface area contributed by atoms with E-state index in [1.807, 2.05) is 6.92 Å². The van der Waals surface area contributed by atoms with Crippen molar-refractivity contribution >= 4 is 5.97 Å². The van der Waals surface area contributed by atoms with E-state index in [0.717, 1.165) is 31.3 Å². The first kappa shape index (κ1) is 12.9. The summed E-state index contributed by atoms with van der Waals surface area (Å²) < 4.78 is 0. The molecule has 0 saturated carbocycles. The summed E-state index contributed by atoms with van der Waals surface area (Å²) in [5.41, 5.74) is 2.38. The van der Waals surface area contributed by atoms with E-state index in [0.29, 0.717) is 0 Å². The number of allylic oxidation sites excluding steroid dienone is 3. The van der Waals surface area contributed by atoms with Crippen molar-refractivity contribution in [2.24, 2.45) is 0 Å². The number of aliphatic carboxylic acids is 1. The molecule has 0 radical (unpaired) electrons. The zero-order valence-corrected chi connectivity index (χ0v) is 9.34. The van der Waals surface area contributed by atoms with Gasteiger partial charge in [0.25, 0.3) is 0 Å². The summed E-state index contributed by atoms with van der Waals surface area (Å²) in [4.78, 5) is 10.4. The lowest BCUT2D eigenvalue weighted by molar-refractivity contribution is -0.131. The van der Waals surface area contributed by atoms with E-state index in [9.17, 15) is 4.79 Å². The van der Waals surface area contributed by atoms with Crippen LogP contribution < -0.4 is 0 Å². The highest BCUT2D eigenvalue weighted by molar-refractivity contribution is 5.80. The lowest BCUT2D eigenvalue weighted by Gasteiger charge is -2.01. The molecule has 0 saturated heterocycles. The summed E-state index contributed by atoms with van der Waals surface area (Å²) in [6.07, 6.45) is 7.22. The Morgan fingerprint density at radius 3 is 2.36 bits per heavy atom. The fourth-order valence-corrected chi connectivity index (χ4v) is 1.17. The molecule has 0 aromatic rings. The van der Waals surface area contributed by atoms with Crippen molar-refractivity contribution in [2.45, 2.75) is 46.5 Å². The van der Waals surface area contributed by atoms with Crippen LogP contribution >= 0.6 is 0 Å². The Bertz CT molecular complexity index is 237. The van der Waals surface area contributed by atoms with Crippen LogP contribution in [-0.2, 0) is 4.79 Å². The molecule has 0 atom stereocenters. The Labute approximate surface area is 86.3 Å². The molecule has 0 spiro atoms. The molecule has 0 aliphatic carbocycles. The van der Waals surface area contributed by atoms with Gasteiger partial charge in [-0.25, -0.2) is 4.79 Å². The van der Waals surface area contributed by atoms with Crippen LogP contribution in [0.4, 0.5) is 0 Å². The molecular weight excluding hydrogens is 176 g/mol. The lowest BCUT2D eigenvalue weighted by Crippen LogP contribution is -1.91. The van der Waals surface area contributed by atoms with Crippen molar-refractivity contribution in [3.63, 3.8) is 0 Å². The minimum atomic E-state index is -0.835. The van der Waals surface area contributed by atoms with Crippen LogP contribution in [-0.4, -0.2) is 11.1 Å². The van der Waals surface area contributed by atoms with Crippen LogP contribution in [0.25, 0.3) is 0 Å². The Morgan fingerprint density at radius 1 is 1.29 bits per heavy atom. The van der Waals surface area contributed by atoms with Gasteiger partial charge in [-0.2, -0.15) is 0 Å². The molecule has 0 aromatic heterocycles. The molecule has 0 fully saturated rings. The molecule has 80 valence electrons. The number of hydrogen-bond acceptors (Lipinski definition) is 1. The van der Waals surface area contributed by atoms with Gasteiger partial charge in [0.15, 0.2) is 0 Å². The maximum absolute atomic E-state index is 10.4. The van der Waals surface area contributed by atoms with Crippen LogP contribution in [0.3, 0.4) is 0 Å². The van der Waals surface area contributed by atoms with Gasteiger partial charge in [0.05, 0.1) is 0 Å². The van der Waals surface area contributed by atoms with E-state index >= 15 is 0 Å². The zero-order valence-electron chi connectivity index (χ0n) is 9.34. The summed E-state index contributed by atoms with van der Waals surface area (Å²) in [6, 6.07) is 0. The van der Waals surface area contributed by atoms with E-state index < -0.39 is 5.97 Å². The Morgan fingerprint density at radius 2 is 1.93 bits per heavy atom. The van der Waals surface area contributed by atoms with Gasteiger partial charge in [-0.05, 0) is 32.6 Å². The molecule has 2 heteroatoms. The van der Waals surface area contributed by atoms with Gasteiger partial charge in [-0.15, -0.1) is 0 Å². The molecule has 2 nitrogen and oxygen atoms in total. The normalized spacial score (nSPS) is 13.1. The summed E-state index contributed by atoms with van der Waals surface area (Å²) in [5.74, 6) is -0.835. The maximum atomic E-state index is 10.4. The smallest absolute Gasteiger partial charge is 0.328 e. The molecule has 1 N–H and O–H groups in total. The number of carboxylic acid groups (broad SMARTS) is 1. The molecule has 0 amide bonds. The van der Waals surface area contributed by atoms with Gasteiger partial charge in [0, 0.05) is 6.08 Å². The number of hydrogen-bond donors (Lipinski definition) is 1. The van der Waals surface area contributed by atoms with Gasteiger partial charge in [0.2, 0.25) is 0 Å². The molecule has 0 aliphatic heterocycles. The second-order valence-electron chi connectivity index (χ2n) is 3.44. The molecule has 0 aromatic carbocycles. The predicted octanol–water partition coefficient (Wildman–Crippen LogP) is 3.54. The second kappa shape index (κ2) is 7.36. The van der Waals surface area contributed by atoms with Crippen molar-refractivity contribution in [2.75, 3.05) is 0 Å². The van der Waals surface area contributed by atoms with Crippen LogP contribution in [0.15, 0.2) is 23.3 Å². The van der Waals surface area contributed by atoms with Crippen molar-refractivity contribution in [1.29, 1.82) is 0 Å². The highest BCUT2D eigenvalue weighted by atomic mass is 16.4. The van der Waals surface area contributed by atoms with E-state index in [-0.39, 0.29) is 0 Å². The summed E-state index contributed by atoms with van der Waals surface area (Å²) >= 11 is 0. The topological polar surface area (TPSA) is 37.3 Å². The zero-order chi connectivity index (χ0) is 11.0. The SMILES string of the molecule is CCC(C)=CCCC(=CC(=O)O)CC. The lowest BCUT2D eigenvalue weighted by atomic mass is 10.1. The third kappa shape index (κ3) is 6.46. The van der Waals surface area contributed by atoms with Crippen molar-refractivity contribution < 1.29 is 9.90 Å². The third-order valence-electron chi connectivity index (χ3n) is 2.30. The van der Waals surface area contributed by atoms with Crippen molar-refractivity contribution in [3.8, 4) is 0 Å². The summed E-state index contributed by atoms with van der Waals surface area (Å²) in [6.45, 7) is 6.22. The highest BCUT2D eigenvalue weighted by Gasteiger charge is 1.97. The average molecular weight is 196 g/mol. The first-order valence-electron chi connectivity index (χ1n) is 5.18. The van der Waals surface area contributed by atoms with Gasteiger partial charge >= 0.3 is 5.97 Å². The van der Waals surface area contributed by atoms with E-state index in [1.165, 1.54) is 11.6 Å². The van der Waals surface area contributed by atoms with Gasteiger partial charge < -0.3 is 5.11 Å². The van der Waals surface area contributed by atoms with Crippen molar-refractivity contribution in [1.82, 2.24) is 0 Å². The molecular formula is C12H20O2. The van der Waals surface area contributed by atoms with E-state index in [4.69, 9.17) is 5.11 Å². The predicted molar refractivity (Wildman–Crippen MR) is 59.3 cm³/mol. The van der Waals surface area contributed by atoms with Crippen LogP contribution in [0.1, 0.15) is 46.5 Å². The standard InChI is InChI=1S/C12H20O2/c1-4-10(3)7-6-8-11(5-2)9-12(13)14/h7,9H,4-6,8H2,1-3H3,(H,13,14). The first-order valence-corrected chi connectivity index (χ1v) is 5.18. The largest absolute Gasteiger partial charge is 0.478 e. The van der Waals surface area contributed by atoms with Crippen LogP contribution in [0.2, 0.25) is 0 Å². The van der Waals surface area contributed by atoms with Gasteiger partial charge in [0.1, 0.15) is 0 Å².